The maximum Gasteiger partial charge on any atom is 0.188 e. The number of hydrogen-bond donors (Lipinski definition) is 2. The molecule has 0 saturated heterocycles. The van der Waals surface area contributed by atoms with Crippen LogP contribution in [0.2, 0.25) is 0 Å². The quantitative estimate of drug-likeness (QED) is 0.621. The van der Waals surface area contributed by atoms with Crippen molar-refractivity contribution in [2.45, 2.75) is 33.6 Å². The van der Waals surface area contributed by atoms with Crippen LogP contribution in [-0.4, -0.2) is 19.0 Å². The summed E-state index contributed by atoms with van der Waals surface area (Å²) in [5.41, 5.74) is 8.44. The van der Waals surface area contributed by atoms with E-state index in [4.69, 9.17) is 5.73 Å². The van der Waals surface area contributed by atoms with Crippen molar-refractivity contribution >= 4 is 5.96 Å². The van der Waals surface area contributed by atoms with Crippen LogP contribution < -0.4 is 11.1 Å². The molecule has 3 N–H and O–H groups in total. The zero-order valence-corrected chi connectivity index (χ0v) is 11.9. The number of benzene rings is 1. The Bertz CT molecular complexity index is 396. The summed E-state index contributed by atoms with van der Waals surface area (Å²) < 4.78 is 0. The highest BCUT2D eigenvalue weighted by molar-refractivity contribution is 5.77. The lowest BCUT2D eigenvalue weighted by molar-refractivity contribution is 0.656. The number of hydrogen-bond acceptors (Lipinski definition) is 1. The van der Waals surface area contributed by atoms with Gasteiger partial charge in [-0.15, -0.1) is 0 Å². The number of nitrogens with two attached hydrogens (primary N) is 1. The van der Waals surface area contributed by atoms with E-state index in [-0.39, 0.29) is 0 Å². The van der Waals surface area contributed by atoms with E-state index in [2.05, 4.69) is 62.3 Å². The Labute approximate surface area is 111 Å². The molecule has 1 aromatic carbocycles. The topological polar surface area (TPSA) is 50.4 Å². The number of aliphatic imine (C=N–C) groups is 1. The molecule has 0 amide bonds. The second kappa shape index (κ2) is 7.04. The summed E-state index contributed by atoms with van der Waals surface area (Å²) in [5, 5.41) is 3.18. The van der Waals surface area contributed by atoms with E-state index in [0.29, 0.717) is 17.8 Å². The van der Waals surface area contributed by atoms with Crippen LogP contribution in [0.4, 0.5) is 0 Å². The van der Waals surface area contributed by atoms with Crippen LogP contribution in [0.15, 0.2) is 29.3 Å². The molecule has 1 rings (SSSR count). The highest BCUT2D eigenvalue weighted by atomic mass is 15.1. The summed E-state index contributed by atoms with van der Waals surface area (Å²) in [6, 6.07) is 8.58. The molecular formula is C15H25N3. The molecule has 1 unspecified atom stereocenters. The number of aryl methyl sites for hydroxylation is 1. The van der Waals surface area contributed by atoms with Gasteiger partial charge in [0.05, 0.1) is 0 Å². The normalized spacial score (nSPS) is 13.7. The molecule has 3 nitrogen and oxygen atoms in total. The van der Waals surface area contributed by atoms with E-state index < -0.39 is 0 Å². The molecule has 0 radical (unpaired) electrons. The molecule has 1 atom stereocenters. The van der Waals surface area contributed by atoms with Gasteiger partial charge in [0.2, 0.25) is 0 Å². The summed E-state index contributed by atoms with van der Waals surface area (Å²) in [6.45, 7) is 10.2. The second-order valence-corrected chi connectivity index (χ2v) is 5.32. The first-order chi connectivity index (χ1) is 8.49. The highest BCUT2D eigenvalue weighted by Crippen LogP contribution is 2.15. The lowest BCUT2D eigenvalue weighted by Crippen LogP contribution is -2.34. The van der Waals surface area contributed by atoms with Gasteiger partial charge in [-0.25, -0.2) is 0 Å². The van der Waals surface area contributed by atoms with Gasteiger partial charge in [-0.05, 0) is 24.3 Å². The Morgan fingerprint density at radius 3 is 2.67 bits per heavy atom. The first-order valence-electron chi connectivity index (χ1n) is 6.59. The molecule has 0 fully saturated rings. The van der Waals surface area contributed by atoms with Crippen molar-refractivity contribution < 1.29 is 0 Å². The average Bonchev–Trinajstić information content (AvgIpc) is 2.33. The average molecular weight is 247 g/mol. The summed E-state index contributed by atoms with van der Waals surface area (Å²) >= 11 is 0. The minimum absolute atomic E-state index is 0.428. The van der Waals surface area contributed by atoms with Crippen LogP contribution in [0, 0.1) is 12.8 Å². The third-order valence-electron chi connectivity index (χ3n) is 2.83. The Kier molecular flexibility index (Phi) is 5.69. The van der Waals surface area contributed by atoms with Crippen molar-refractivity contribution in [1.29, 1.82) is 0 Å². The fourth-order valence-corrected chi connectivity index (χ4v) is 1.69. The molecule has 0 aliphatic carbocycles. The molecule has 0 saturated carbocycles. The van der Waals surface area contributed by atoms with Crippen LogP contribution in [0.1, 0.15) is 37.8 Å². The molecule has 0 aliphatic heterocycles. The largest absolute Gasteiger partial charge is 0.370 e. The van der Waals surface area contributed by atoms with E-state index in [1.54, 1.807) is 0 Å². The van der Waals surface area contributed by atoms with E-state index in [9.17, 15) is 0 Å². The van der Waals surface area contributed by atoms with Crippen molar-refractivity contribution in [2.75, 3.05) is 13.1 Å². The fourth-order valence-electron chi connectivity index (χ4n) is 1.69. The van der Waals surface area contributed by atoms with Gasteiger partial charge in [-0.3, -0.25) is 4.99 Å². The zero-order chi connectivity index (χ0) is 13.5. The van der Waals surface area contributed by atoms with Gasteiger partial charge >= 0.3 is 0 Å². The summed E-state index contributed by atoms with van der Waals surface area (Å²) in [7, 11) is 0. The lowest BCUT2D eigenvalue weighted by Gasteiger charge is -2.14. The van der Waals surface area contributed by atoms with Crippen molar-refractivity contribution in [3.8, 4) is 0 Å². The predicted molar refractivity (Wildman–Crippen MR) is 78.9 cm³/mol. The van der Waals surface area contributed by atoms with E-state index in [1.807, 2.05) is 0 Å². The predicted octanol–water partition coefficient (Wildman–Crippen LogP) is 2.66. The van der Waals surface area contributed by atoms with Crippen molar-refractivity contribution in [1.82, 2.24) is 5.32 Å². The highest BCUT2D eigenvalue weighted by Gasteiger charge is 2.05. The van der Waals surface area contributed by atoms with Crippen LogP contribution in [-0.2, 0) is 0 Å². The molecule has 0 heterocycles. The minimum atomic E-state index is 0.428. The number of rotatable bonds is 5. The molecule has 1 aromatic rings. The van der Waals surface area contributed by atoms with Gasteiger partial charge in [0.25, 0.3) is 0 Å². The van der Waals surface area contributed by atoms with Crippen LogP contribution in [0.25, 0.3) is 0 Å². The fraction of sp³-hybridized carbons (Fsp3) is 0.533. The van der Waals surface area contributed by atoms with Crippen molar-refractivity contribution in [3.63, 3.8) is 0 Å². The van der Waals surface area contributed by atoms with Gasteiger partial charge < -0.3 is 11.1 Å². The summed E-state index contributed by atoms with van der Waals surface area (Å²) in [5.74, 6) is 1.51. The first kappa shape index (κ1) is 14.6. The molecule has 0 bridgehead atoms. The van der Waals surface area contributed by atoms with E-state index in [0.717, 1.165) is 13.1 Å². The Morgan fingerprint density at radius 1 is 1.33 bits per heavy atom. The maximum absolute atomic E-state index is 5.82. The molecule has 3 heteroatoms. The lowest BCUT2D eigenvalue weighted by atomic mass is 9.99. The summed E-state index contributed by atoms with van der Waals surface area (Å²) in [6.07, 6.45) is 0. The third-order valence-corrected chi connectivity index (χ3v) is 2.83. The standard InChI is InChI=1S/C15H25N3/c1-11(2)9-17-15(16)18-10-13(4)14-7-5-6-12(3)8-14/h5-8,11,13H,9-10H2,1-4H3,(H3,16,17,18). The van der Waals surface area contributed by atoms with Crippen LogP contribution in [0.5, 0.6) is 0 Å². The van der Waals surface area contributed by atoms with Gasteiger partial charge in [0, 0.05) is 13.1 Å². The SMILES string of the molecule is Cc1cccc(C(C)CNC(N)=NCC(C)C)c1. The van der Waals surface area contributed by atoms with Crippen LogP contribution >= 0.6 is 0 Å². The van der Waals surface area contributed by atoms with Gasteiger partial charge in [0.15, 0.2) is 5.96 Å². The minimum Gasteiger partial charge on any atom is -0.370 e. The smallest absolute Gasteiger partial charge is 0.188 e. The third kappa shape index (κ3) is 5.21. The molecule has 0 aromatic heterocycles. The van der Waals surface area contributed by atoms with Crippen molar-refractivity contribution in [3.05, 3.63) is 35.4 Å². The Hall–Kier alpha value is -1.51. The molecular weight excluding hydrogens is 222 g/mol. The molecule has 0 aliphatic rings. The first-order valence-corrected chi connectivity index (χ1v) is 6.59. The number of nitrogens with one attached hydrogen (secondary N) is 1. The molecule has 100 valence electrons. The zero-order valence-electron chi connectivity index (χ0n) is 11.9. The number of guanidine groups is 1. The van der Waals surface area contributed by atoms with Gasteiger partial charge in [0.1, 0.15) is 0 Å². The van der Waals surface area contributed by atoms with Gasteiger partial charge in [-0.2, -0.15) is 0 Å². The Balaban J connectivity index is 2.46. The monoisotopic (exact) mass is 247 g/mol. The second-order valence-electron chi connectivity index (χ2n) is 5.32. The van der Waals surface area contributed by atoms with E-state index in [1.165, 1.54) is 11.1 Å². The summed E-state index contributed by atoms with van der Waals surface area (Å²) in [4.78, 5) is 4.29. The number of nitrogens with zero attached hydrogens (tertiary/aromatic N) is 1. The van der Waals surface area contributed by atoms with E-state index >= 15 is 0 Å². The maximum atomic E-state index is 5.82. The van der Waals surface area contributed by atoms with Crippen LogP contribution in [0.3, 0.4) is 0 Å². The van der Waals surface area contributed by atoms with Gasteiger partial charge in [-0.1, -0.05) is 50.6 Å². The van der Waals surface area contributed by atoms with Crippen molar-refractivity contribution in [2.24, 2.45) is 16.6 Å². The molecule has 18 heavy (non-hydrogen) atoms. The molecule has 0 spiro atoms. The Morgan fingerprint density at radius 2 is 2.06 bits per heavy atom.